The normalized spacial score (nSPS) is 12.2. The number of phenolic OH excluding ortho intramolecular Hbond substituents is 4. The van der Waals surface area contributed by atoms with Crippen molar-refractivity contribution in [1.29, 1.82) is 0 Å². The van der Waals surface area contributed by atoms with Crippen LogP contribution in [0.2, 0.25) is 0 Å². The standard InChI is InChI=1S/C33H35ClO4/c1-19-7-11-23(27(35)15-19)32(5,24-12-8-20(2)16-28(24)36)31(34)33(6,25-13-9-21(3)17-29(25)37)26-14-10-22(4)18-30(26)38/h7-18,31,35-38H,1-6H3. The highest BCUT2D eigenvalue weighted by molar-refractivity contribution is 6.23. The van der Waals surface area contributed by atoms with E-state index in [0.717, 1.165) is 22.3 Å². The number of hydrogen-bond donors (Lipinski definition) is 4. The molecule has 4 nitrogen and oxygen atoms in total. The first-order valence-electron chi connectivity index (χ1n) is 12.6. The first-order valence-corrected chi connectivity index (χ1v) is 13.1. The summed E-state index contributed by atoms with van der Waals surface area (Å²) in [7, 11) is 0. The summed E-state index contributed by atoms with van der Waals surface area (Å²) in [6.07, 6.45) is 0. The molecule has 4 aromatic rings. The van der Waals surface area contributed by atoms with E-state index in [4.69, 9.17) is 11.6 Å². The third-order valence-corrected chi connectivity index (χ3v) is 8.74. The SMILES string of the molecule is Cc1ccc(C(C)(c2ccc(C)cc2O)C(Cl)C(C)(c2ccc(C)cc2O)c2ccc(C)cc2O)c(O)c1. The Morgan fingerprint density at radius 1 is 0.474 bits per heavy atom. The van der Waals surface area contributed by atoms with Gasteiger partial charge in [0.1, 0.15) is 23.0 Å². The van der Waals surface area contributed by atoms with Gasteiger partial charge in [-0.1, -0.05) is 48.5 Å². The Bertz CT molecular complexity index is 1290. The second kappa shape index (κ2) is 9.92. The number of hydrogen-bond acceptors (Lipinski definition) is 4. The van der Waals surface area contributed by atoms with Gasteiger partial charge in [0, 0.05) is 33.1 Å². The summed E-state index contributed by atoms with van der Waals surface area (Å²) in [5, 5.41) is 44.0. The summed E-state index contributed by atoms with van der Waals surface area (Å²) >= 11 is 7.64. The molecule has 4 N–H and O–H groups in total. The summed E-state index contributed by atoms with van der Waals surface area (Å²) in [6, 6.07) is 21.6. The van der Waals surface area contributed by atoms with Crippen LogP contribution < -0.4 is 0 Å². The Labute approximate surface area is 229 Å². The molecule has 0 amide bonds. The van der Waals surface area contributed by atoms with Gasteiger partial charge in [-0.15, -0.1) is 11.6 Å². The van der Waals surface area contributed by atoms with Crippen molar-refractivity contribution in [3.63, 3.8) is 0 Å². The van der Waals surface area contributed by atoms with E-state index in [-0.39, 0.29) is 23.0 Å². The fourth-order valence-corrected chi connectivity index (χ4v) is 6.21. The van der Waals surface area contributed by atoms with Gasteiger partial charge in [0.15, 0.2) is 0 Å². The highest BCUT2D eigenvalue weighted by atomic mass is 35.5. The lowest BCUT2D eigenvalue weighted by atomic mass is 9.60. The van der Waals surface area contributed by atoms with Crippen LogP contribution in [0.5, 0.6) is 23.0 Å². The molecule has 5 heteroatoms. The molecular weight excluding hydrogens is 496 g/mol. The number of phenols is 4. The van der Waals surface area contributed by atoms with Gasteiger partial charge in [0.05, 0.1) is 5.38 Å². The monoisotopic (exact) mass is 530 g/mol. The summed E-state index contributed by atoms with van der Waals surface area (Å²) in [6.45, 7) is 11.3. The van der Waals surface area contributed by atoms with Gasteiger partial charge in [-0.25, -0.2) is 0 Å². The minimum atomic E-state index is -1.18. The number of rotatable bonds is 6. The van der Waals surface area contributed by atoms with Gasteiger partial charge < -0.3 is 20.4 Å². The van der Waals surface area contributed by atoms with Crippen LogP contribution in [0, 0.1) is 27.7 Å². The summed E-state index contributed by atoms with van der Waals surface area (Å²) < 4.78 is 0. The molecule has 0 radical (unpaired) electrons. The van der Waals surface area contributed by atoms with E-state index in [1.54, 1.807) is 24.3 Å². The molecule has 0 saturated heterocycles. The Morgan fingerprint density at radius 2 is 0.684 bits per heavy atom. The maximum absolute atomic E-state index is 11.2. The van der Waals surface area contributed by atoms with E-state index in [0.29, 0.717) is 22.3 Å². The highest BCUT2D eigenvalue weighted by Crippen LogP contribution is 2.56. The Balaban J connectivity index is 2.12. The van der Waals surface area contributed by atoms with Gasteiger partial charge in [0.25, 0.3) is 0 Å². The maximum Gasteiger partial charge on any atom is 0.119 e. The van der Waals surface area contributed by atoms with E-state index >= 15 is 0 Å². The molecule has 0 spiro atoms. The lowest BCUT2D eigenvalue weighted by molar-refractivity contribution is 0.350. The lowest BCUT2D eigenvalue weighted by Crippen LogP contribution is -2.48. The first-order chi connectivity index (χ1) is 17.8. The second-order valence-electron chi connectivity index (χ2n) is 10.8. The summed E-state index contributed by atoms with van der Waals surface area (Å²) in [5.41, 5.74) is 3.23. The highest BCUT2D eigenvalue weighted by Gasteiger charge is 2.52. The predicted molar refractivity (Wildman–Crippen MR) is 154 cm³/mol. The average molecular weight is 531 g/mol. The first kappa shape index (κ1) is 27.4. The van der Waals surface area contributed by atoms with Crippen LogP contribution in [-0.2, 0) is 10.8 Å². The molecule has 0 bridgehead atoms. The average Bonchev–Trinajstić information content (AvgIpc) is 2.82. The molecule has 0 aliphatic carbocycles. The number of aryl methyl sites for hydroxylation is 4. The van der Waals surface area contributed by atoms with Crippen molar-refractivity contribution < 1.29 is 20.4 Å². The van der Waals surface area contributed by atoms with Crippen LogP contribution in [0.4, 0.5) is 0 Å². The van der Waals surface area contributed by atoms with Gasteiger partial charge in [-0.3, -0.25) is 0 Å². The second-order valence-corrected chi connectivity index (χ2v) is 11.3. The zero-order chi connectivity index (χ0) is 28.0. The third kappa shape index (κ3) is 4.48. The van der Waals surface area contributed by atoms with Crippen LogP contribution >= 0.6 is 11.6 Å². The fourth-order valence-electron chi connectivity index (χ4n) is 5.74. The minimum absolute atomic E-state index is 0.0433. The molecule has 198 valence electrons. The minimum Gasteiger partial charge on any atom is -0.508 e. The quantitative estimate of drug-likeness (QED) is 0.193. The van der Waals surface area contributed by atoms with Crippen LogP contribution in [0.25, 0.3) is 0 Å². The van der Waals surface area contributed by atoms with Gasteiger partial charge in [0.2, 0.25) is 0 Å². The lowest BCUT2D eigenvalue weighted by Gasteiger charge is -2.46. The van der Waals surface area contributed by atoms with E-state index in [1.807, 2.05) is 90.1 Å². The molecule has 0 aliphatic rings. The Kier molecular flexibility index (Phi) is 7.15. The van der Waals surface area contributed by atoms with E-state index in [2.05, 4.69) is 0 Å². The molecule has 0 saturated carbocycles. The summed E-state index contributed by atoms with van der Waals surface area (Å²) in [4.78, 5) is 0. The molecule has 4 rings (SSSR count). The molecule has 0 fully saturated rings. The molecular formula is C33H35ClO4. The Morgan fingerprint density at radius 3 is 0.868 bits per heavy atom. The van der Waals surface area contributed by atoms with Crippen molar-refractivity contribution in [1.82, 2.24) is 0 Å². The predicted octanol–water partition coefficient (Wildman–Crippen LogP) is 7.66. The van der Waals surface area contributed by atoms with E-state index < -0.39 is 16.2 Å². The van der Waals surface area contributed by atoms with E-state index in [1.165, 1.54) is 0 Å². The molecule has 0 aromatic heterocycles. The largest absolute Gasteiger partial charge is 0.508 e. The number of halogens is 1. The zero-order valence-corrected chi connectivity index (χ0v) is 23.4. The molecule has 38 heavy (non-hydrogen) atoms. The maximum atomic E-state index is 11.2. The molecule has 0 aliphatic heterocycles. The smallest absolute Gasteiger partial charge is 0.119 e. The van der Waals surface area contributed by atoms with Gasteiger partial charge in [-0.2, -0.15) is 0 Å². The molecule has 4 aromatic carbocycles. The molecule has 0 heterocycles. The van der Waals surface area contributed by atoms with Crippen molar-refractivity contribution in [2.45, 2.75) is 57.7 Å². The van der Waals surface area contributed by atoms with Crippen LogP contribution in [0.3, 0.4) is 0 Å². The van der Waals surface area contributed by atoms with Gasteiger partial charge >= 0.3 is 0 Å². The summed E-state index contributed by atoms with van der Waals surface area (Å²) in [5.74, 6) is 0.173. The van der Waals surface area contributed by atoms with E-state index in [9.17, 15) is 20.4 Å². The van der Waals surface area contributed by atoms with Crippen molar-refractivity contribution in [2.75, 3.05) is 0 Å². The topological polar surface area (TPSA) is 80.9 Å². The van der Waals surface area contributed by atoms with Crippen molar-refractivity contribution in [3.05, 3.63) is 117 Å². The number of aromatic hydroxyl groups is 4. The Hall–Kier alpha value is -3.63. The number of alkyl halides is 1. The van der Waals surface area contributed by atoms with Crippen molar-refractivity contribution >= 4 is 11.6 Å². The van der Waals surface area contributed by atoms with Gasteiger partial charge in [-0.05, 0) is 88.1 Å². The van der Waals surface area contributed by atoms with Crippen molar-refractivity contribution in [2.24, 2.45) is 0 Å². The zero-order valence-electron chi connectivity index (χ0n) is 22.7. The van der Waals surface area contributed by atoms with Crippen LogP contribution in [0.1, 0.15) is 58.4 Å². The van der Waals surface area contributed by atoms with Crippen LogP contribution in [0.15, 0.2) is 72.8 Å². The fraction of sp³-hybridized carbons (Fsp3) is 0.273. The number of benzene rings is 4. The molecule has 0 atom stereocenters. The molecule has 0 unspecified atom stereocenters. The third-order valence-electron chi connectivity index (χ3n) is 7.86. The van der Waals surface area contributed by atoms with Crippen molar-refractivity contribution in [3.8, 4) is 23.0 Å². The van der Waals surface area contributed by atoms with Crippen LogP contribution in [-0.4, -0.2) is 25.8 Å².